The quantitative estimate of drug-likeness (QED) is 0.785. The van der Waals surface area contributed by atoms with E-state index in [0.29, 0.717) is 13.1 Å². The summed E-state index contributed by atoms with van der Waals surface area (Å²) in [6, 6.07) is 0. The summed E-state index contributed by atoms with van der Waals surface area (Å²) in [7, 11) is 3.85. The van der Waals surface area contributed by atoms with Gasteiger partial charge in [0.15, 0.2) is 0 Å². The fourth-order valence-corrected chi connectivity index (χ4v) is 1.40. The second-order valence-corrected chi connectivity index (χ2v) is 6.61. The molecule has 0 saturated heterocycles. The molecule has 0 aromatic rings. The van der Waals surface area contributed by atoms with Gasteiger partial charge in [0.1, 0.15) is 5.60 Å². The Morgan fingerprint density at radius 3 is 1.94 bits per heavy atom. The lowest BCUT2D eigenvalue weighted by Crippen LogP contribution is -2.51. The SMILES string of the molecule is CN(C)NCCN(C(=O)OC(C)(C)C)C(C)(C)C. The van der Waals surface area contributed by atoms with Crippen LogP contribution in [0.25, 0.3) is 0 Å². The molecule has 0 radical (unpaired) electrons. The van der Waals surface area contributed by atoms with Crippen molar-refractivity contribution in [1.82, 2.24) is 15.3 Å². The molecule has 0 spiro atoms. The molecule has 0 aromatic heterocycles. The number of ether oxygens (including phenoxy) is 1. The van der Waals surface area contributed by atoms with E-state index in [1.807, 2.05) is 60.6 Å². The van der Waals surface area contributed by atoms with Crippen LogP contribution in [-0.4, -0.2) is 54.3 Å². The van der Waals surface area contributed by atoms with Crippen LogP contribution in [0.5, 0.6) is 0 Å². The summed E-state index contributed by atoms with van der Waals surface area (Å²) in [6.45, 7) is 13.0. The first-order valence-corrected chi connectivity index (χ1v) is 6.35. The Kier molecular flexibility index (Phi) is 6.10. The second-order valence-electron chi connectivity index (χ2n) is 6.61. The van der Waals surface area contributed by atoms with E-state index < -0.39 is 5.60 Å². The van der Waals surface area contributed by atoms with Crippen molar-refractivity contribution in [2.24, 2.45) is 0 Å². The highest BCUT2D eigenvalue weighted by molar-refractivity contribution is 5.69. The molecule has 0 saturated carbocycles. The highest BCUT2D eigenvalue weighted by Gasteiger charge is 2.30. The first-order chi connectivity index (χ1) is 7.93. The standard InChI is InChI=1S/C13H29N3O2/c1-12(2,3)16(10-9-14-15(7)8)11(17)18-13(4,5)6/h14H,9-10H2,1-8H3. The molecule has 0 heterocycles. The van der Waals surface area contributed by atoms with Crippen molar-refractivity contribution in [2.45, 2.75) is 52.7 Å². The molecule has 0 rings (SSSR count). The van der Waals surface area contributed by atoms with Gasteiger partial charge in [0.05, 0.1) is 0 Å². The molecule has 0 aliphatic carbocycles. The minimum atomic E-state index is -0.463. The fraction of sp³-hybridized carbons (Fsp3) is 0.923. The van der Waals surface area contributed by atoms with E-state index in [0.717, 1.165) is 0 Å². The Hall–Kier alpha value is -0.810. The lowest BCUT2D eigenvalue weighted by Gasteiger charge is -2.37. The van der Waals surface area contributed by atoms with Crippen LogP contribution >= 0.6 is 0 Å². The molecule has 108 valence electrons. The number of amides is 1. The smallest absolute Gasteiger partial charge is 0.410 e. The van der Waals surface area contributed by atoms with Gasteiger partial charge in [-0.2, -0.15) is 0 Å². The number of rotatable bonds is 4. The number of hydrazine groups is 1. The average Bonchev–Trinajstić information content (AvgIpc) is 2.06. The van der Waals surface area contributed by atoms with E-state index in [1.165, 1.54) is 0 Å². The molecular weight excluding hydrogens is 230 g/mol. The Balaban J connectivity index is 4.55. The molecule has 18 heavy (non-hydrogen) atoms. The van der Waals surface area contributed by atoms with Crippen LogP contribution in [-0.2, 0) is 4.74 Å². The van der Waals surface area contributed by atoms with Gasteiger partial charge in [-0.1, -0.05) is 0 Å². The molecular formula is C13H29N3O2. The minimum Gasteiger partial charge on any atom is -0.444 e. The maximum atomic E-state index is 12.1. The van der Waals surface area contributed by atoms with E-state index in [9.17, 15) is 4.79 Å². The molecule has 1 amide bonds. The van der Waals surface area contributed by atoms with E-state index in [-0.39, 0.29) is 11.6 Å². The highest BCUT2D eigenvalue weighted by atomic mass is 16.6. The van der Waals surface area contributed by atoms with E-state index in [4.69, 9.17) is 4.74 Å². The van der Waals surface area contributed by atoms with Crippen molar-refractivity contribution in [3.63, 3.8) is 0 Å². The summed E-state index contributed by atoms with van der Waals surface area (Å²) in [6.07, 6.45) is -0.268. The maximum absolute atomic E-state index is 12.1. The summed E-state index contributed by atoms with van der Waals surface area (Å²) >= 11 is 0. The van der Waals surface area contributed by atoms with Crippen molar-refractivity contribution < 1.29 is 9.53 Å². The zero-order valence-corrected chi connectivity index (χ0v) is 13.1. The van der Waals surface area contributed by atoms with Crippen LogP contribution in [0.1, 0.15) is 41.5 Å². The number of hydrogen-bond acceptors (Lipinski definition) is 4. The third-order valence-electron chi connectivity index (χ3n) is 2.19. The Morgan fingerprint density at radius 1 is 1.11 bits per heavy atom. The number of hydrogen-bond donors (Lipinski definition) is 1. The van der Waals surface area contributed by atoms with Gasteiger partial charge in [0.2, 0.25) is 0 Å². The normalized spacial score (nSPS) is 12.7. The monoisotopic (exact) mass is 259 g/mol. The summed E-state index contributed by atoms with van der Waals surface area (Å²) in [5.41, 5.74) is 2.43. The zero-order valence-electron chi connectivity index (χ0n) is 13.1. The third kappa shape index (κ3) is 7.50. The molecule has 0 fully saturated rings. The number of carbonyl (C=O) groups excluding carboxylic acids is 1. The predicted octanol–water partition coefficient (Wildman–Crippen LogP) is 2.09. The Labute approximate surface area is 111 Å². The van der Waals surface area contributed by atoms with Gasteiger partial charge < -0.3 is 9.64 Å². The average molecular weight is 259 g/mol. The van der Waals surface area contributed by atoms with E-state index >= 15 is 0 Å². The third-order valence-corrected chi connectivity index (χ3v) is 2.19. The van der Waals surface area contributed by atoms with Gasteiger partial charge in [0.25, 0.3) is 0 Å². The van der Waals surface area contributed by atoms with Crippen molar-refractivity contribution in [3.05, 3.63) is 0 Å². The first-order valence-electron chi connectivity index (χ1n) is 6.35. The van der Waals surface area contributed by atoms with Crippen LogP contribution < -0.4 is 5.43 Å². The van der Waals surface area contributed by atoms with E-state index in [2.05, 4.69) is 5.43 Å². The van der Waals surface area contributed by atoms with Crippen molar-refractivity contribution >= 4 is 6.09 Å². The Bertz CT molecular complexity index is 264. The number of nitrogens with one attached hydrogen (secondary N) is 1. The van der Waals surface area contributed by atoms with Gasteiger partial charge in [-0.25, -0.2) is 4.79 Å². The Morgan fingerprint density at radius 2 is 1.61 bits per heavy atom. The van der Waals surface area contributed by atoms with Gasteiger partial charge in [-0.15, -0.1) is 0 Å². The van der Waals surface area contributed by atoms with Crippen molar-refractivity contribution in [3.8, 4) is 0 Å². The molecule has 0 unspecified atom stereocenters. The predicted molar refractivity (Wildman–Crippen MR) is 74.4 cm³/mol. The van der Waals surface area contributed by atoms with Gasteiger partial charge in [0, 0.05) is 32.7 Å². The fourth-order valence-electron chi connectivity index (χ4n) is 1.40. The molecule has 5 nitrogen and oxygen atoms in total. The summed E-state index contributed by atoms with van der Waals surface area (Å²) in [5.74, 6) is 0. The lowest BCUT2D eigenvalue weighted by molar-refractivity contribution is 0.00558. The lowest BCUT2D eigenvalue weighted by atomic mass is 10.1. The topological polar surface area (TPSA) is 44.8 Å². The second kappa shape index (κ2) is 6.38. The molecule has 0 aliphatic rings. The van der Waals surface area contributed by atoms with Crippen molar-refractivity contribution in [2.75, 3.05) is 27.2 Å². The minimum absolute atomic E-state index is 0.254. The van der Waals surface area contributed by atoms with Crippen LogP contribution in [0, 0.1) is 0 Å². The van der Waals surface area contributed by atoms with Gasteiger partial charge in [-0.3, -0.25) is 10.4 Å². The molecule has 0 aliphatic heterocycles. The van der Waals surface area contributed by atoms with E-state index in [1.54, 1.807) is 4.90 Å². The van der Waals surface area contributed by atoms with Crippen molar-refractivity contribution in [1.29, 1.82) is 0 Å². The van der Waals surface area contributed by atoms with Gasteiger partial charge >= 0.3 is 6.09 Å². The molecule has 1 N–H and O–H groups in total. The van der Waals surface area contributed by atoms with Crippen LogP contribution in [0.2, 0.25) is 0 Å². The molecule has 0 atom stereocenters. The number of nitrogens with zero attached hydrogens (tertiary/aromatic N) is 2. The first kappa shape index (κ1) is 17.2. The summed E-state index contributed by atoms with van der Waals surface area (Å²) in [5, 5.41) is 1.87. The maximum Gasteiger partial charge on any atom is 0.410 e. The largest absolute Gasteiger partial charge is 0.444 e. The van der Waals surface area contributed by atoms with Crippen LogP contribution in [0.3, 0.4) is 0 Å². The van der Waals surface area contributed by atoms with Gasteiger partial charge in [-0.05, 0) is 41.5 Å². The molecule has 0 aromatic carbocycles. The molecule has 0 bridgehead atoms. The van der Waals surface area contributed by atoms with Crippen LogP contribution in [0.4, 0.5) is 4.79 Å². The summed E-state index contributed by atoms with van der Waals surface area (Å²) in [4.78, 5) is 13.9. The molecule has 5 heteroatoms. The van der Waals surface area contributed by atoms with Crippen LogP contribution in [0.15, 0.2) is 0 Å². The highest BCUT2D eigenvalue weighted by Crippen LogP contribution is 2.17. The zero-order chi connectivity index (χ0) is 14.6. The number of carbonyl (C=O) groups is 1. The summed E-state index contributed by atoms with van der Waals surface area (Å²) < 4.78 is 5.43.